The van der Waals surface area contributed by atoms with Gasteiger partial charge in [0.25, 0.3) is 0 Å². The average molecular weight is 346 g/mol. The van der Waals surface area contributed by atoms with E-state index in [2.05, 4.69) is 10.1 Å². The van der Waals surface area contributed by atoms with Crippen LogP contribution in [0, 0.1) is 0 Å². The molecule has 6 nitrogen and oxygen atoms in total. The summed E-state index contributed by atoms with van der Waals surface area (Å²) in [6, 6.07) is 7.20. The van der Waals surface area contributed by atoms with E-state index in [-0.39, 0.29) is 18.8 Å². The van der Waals surface area contributed by atoms with Crippen LogP contribution in [-0.4, -0.2) is 46.3 Å². The van der Waals surface area contributed by atoms with Gasteiger partial charge < -0.3 is 14.5 Å². The lowest BCUT2D eigenvalue weighted by atomic mass is 10.2. The van der Waals surface area contributed by atoms with Gasteiger partial charge in [-0.05, 0) is 31.3 Å². The van der Waals surface area contributed by atoms with Crippen molar-refractivity contribution in [2.45, 2.75) is 12.8 Å². The van der Waals surface area contributed by atoms with Crippen LogP contribution in [0.3, 0.4) is 0 Å². The van der Waals surface area contributed by atoms with Crippen molar-refractivity contribution in [1.82, 2.24) is 15.0 Å². The Hall–Kier alpha value is -1.63. The second-order valence-corrected chi connectivity index (χ2v) is 5.15. The lowest BCUT2D eigenvalue weighted by Crippen LogP contribution is -2.24. The zero-order chi connectivity index (χ0) is 15.2. The van der Waals surface area contributed by atoms with Gasteiger partial charge in [0.2, 0.25) is 11.7 Å². The molecule has 0 saturated carbocycles. The maximum atomic E-state index is 10.5. The fourth-order valence-electron chi connectivity index (χ4n) is 1.76. The second kappa shape index (κ2) is 8.73. The maximum Gasteiger partial charge on any atom is 0.304 e. The molecule has 8 heteroatoms. The third-order valence-electron chi connectivity index (χ3n) is 2.99. The number of carboxylic acid groups (broad SMARTS) is 1. The largest absolute Gasteiger partial charge is 0.481 e. The highest BCUT2D eigenvalue weighted by Gasteiger charge is 2.10. The minimum Gasteiger partial charge on any atom is -0.481 e. The van der Waals surface area contributed by atoms with Gasteiger partial charge in [0, 0.05) is 30.1 Å². The van der Waals surface area contributed by atoms with E-state index in [4.69, 9.17) is 21.2 Å². The van der Waals surface area contributed by atoms with Crippen molar-refractivity contribution in [2.24, 2.45) is 0 Å². The number of hydrogen-bond donors (Lipinski definition) is 1. The van der Waals surface area contributed by atoms with Crippen LogP contribution < -0.4 is 0 Å². The molecule has 0 bridgehead atoms. The van der Waals surface area contributed by atoms with Crippen LogP contribution in [0.2, 0.25) is 5.02 Å². The van der Waals surface area contributed by atoms with E-state index in [9.17, 15) is 4.79 Å². The number of hydrogen-bond acceptors (Lipinski definition) is 5. The monoisotopic (exact) mass is 345 g/mol. The third kappa shape index (κ3) is 5.63. The smallest absolute Gasteiger partial charge is 0.304 e. The number of carboxylic acids is 1. The van der Waals surface area contributed by atoms with E-state index in [1.165, 1.54) is 0 Å². The topological polar surface area (TPSA) is 79.5 Å². The molecule has 120 valence electrons. The van der Waals surface area contributed by atoms with Crippen molar-refractivity contribution in [3.63, 3.8) is 0 Å². The Balaban J connectivity index is 0.00000242. The SMILES string of the molecule is CN(CCC(=O)O)CCc1nc(-c2ccc(Cl)cc2)no1.Cl. The quantitative estimate of drug-likeness (QED) is 0.830. The first-order valence-corrected chi connectivity index (χ1v) is 6.91. The minimum atomic E-state index is -0.801. The summed E-state index contributed by atoms with van der Waals surface area (Å²) >= 11 is 5.83. The molecule has 22 heavy (non-hydrogen) atoms. The van der Waals surface area contributed by atoms with Crippen LogP contribution >= 0.6 is 24.0 Å². The molecule has 0 unspecified atom stereocenters. The highest BCUT2D eigenvalue weighted by atomic mass is 35.5. The van der Waals surface area contributed by atoms with Gasteiger partial charge in [-0.1, -0.05) is 16.8 Å². The molecule has 1 aromatic carbocycles. The van der Waals surface area contributed by atoms with Gasteiger partial charge in [-0.3, -0.25) is 4.79 Å². The van der Waals surface area contributed by atoms with Crippen LogP contribution in [0.25, 0.3) is 11.4 Å². The van der Waals surface area contributed by atoms with E-state index in [1.807, 2.05) is 24.1 Å². The summed E-state index contributed by atoms with van der Waals surface area (Å²) < 4.78 is 5.19. The first kappa shape index (κ1) is 18.4. The molecule has 0 atom stereocenters. The predicted molar refractivity (Wildman–Crippen MR) is 85.4 cm³/mol. The number of halogens is 2. The van der Waals surface area contributed by atoms with Crippen LogP contribution in [-0.2, 0) is 11.2 Å². The van der Waals surface area contributed by atoms with Crippen molar-refractivity contribution in [3.05, 3.63) is 35.2 Å². The van der Waals surface area contributed by atoms with Gasteiger partial charge in [-0.25, -0.2) is 0 Å². The van der Waals surface area contributed by atoms with Crippen LogP contribution in [0.1, 0.15) is 12.3 Å². The molecule has 0 saturated heterocycles. The average Bonchev–Trinajstić information content (AvgIpc) is 2.92. The second-order valence-electron chi connectivity index (χ2n) is 4.72. The number of benzene rings is 1. The molecule has 0 spiro atoms. The molecule has 0 radical (unpaired) electrons. The zero-order valence-electron chi connectivity index (χ0n) is 12.0. The summed E-state index contributed by atoms with van der Waals surface area (Å²) in [4.78, 5) is 16.7. The van der Waals surface area contributed by atoms with E-state index in [0.29, 0.717) is 36.2 Å². The van der Waals surface area contributed by atoms with Gasteiger partial charge in [0.1, 0.15) is 0 Å². The van der Waals surface area contributed by atoms with Gasteiger partial charge in [-0.15, -0.1) is 12.4 Å². The van der Waals surface area contributed by atoms with Gasteiger partial charge in [0.15, 0.2) is 0 Å². The van der Waals surface area contributed by atoms with E-state index >= 15 is 0 Å². The number of carbonyl (C=O) groups is 1. The number of aromatic nitrogens is 2. The fourth-order valence-corrected chi connectivity index (χ4v) is 1.88. The minimum absolute atomic E-state index is 0. The molecule has 0 fully saturated rings. The summed E-state index contributed by atoms with van der Waals surface area (Å²) in [5.41, 5.74) is 0.841. The number of nitrogens with zero attached hydrogens (tertiary/aromatic N) is 3. The van der Waals surface area contributed by atoms with Crippen molar-refractivity contribution in [1.29, 1.82) is 0 Å². The van der Waals surface area contributed by atoms with Crippen LogP contribution in [0.15, 0.2) is 28.8 Å². The molecule has 1 aromatic heterocycles. The third-order valence-corrected chi connectivity index (χ3v) is 3.24. The standard InChI is InChI=1S/C14H16ClN3O3.ClH/c1-18(9-7-13(19)20)8-6-12-16-14(17-21-12)10-2-4-11(15)5-3-10;/h2-5H,6-9H2,1H3,(H,19,20);1H. The van der Waals surface area contributed by atoms with Crippen molar-refractivity contribution >= 4 is 30.0 Å². The molecule has 1 N–H and O–H groups in total. The molecule has 2 aromatic rings. The fraction of sp³-hybridized carbons (Fsp3) is 0.357. The Kier molecular flexibility index (Phi) is 7.31. The maximum absolute atomic E-state index is 10.5. The lowest BCUT2D eigenvalue weighted by Gasteiger charge is -2.13. The molecule has 2 rings (SSSR count). The predicted octanol–water partition coefficient (Wildman–Crippen LogP) is 2.76. The Morgan fingerprint density at radius 3 is 2.64 bits per heavy atom. The molecular weight excluding hydrogens is 329 g/mol. The molecule has 0 aliphatic carbocycles. The van der Waals surface area contributed by atoms with Crippen LogP contribution in [0.4, 0.5) is 0 Å². The van der Waals surface area contributed by atoms with E-state index in [1.54, 1.807) is 12.1 Å². The number of aliphatic carboxylic acids is 1. The van der Waals surface area contributed by atoms with Crippen molar-refractivity contribution in [2.75, 3.05) is 20.1 Å². The normalized spacial score (nSPS) is 10.5. The highest BCUT2D eigenvalue weighted by molar-refractivity contribution is 6.30. The summed E-state index contributed by atoms with van der Waals surface area (Å²) in [6.07, 6.45) is 0.701. The molecular formula is C14H17Cl2N3O3. The Morgan fingerprint density at radius 2 is 2.00 bits per heavy atom. The Bertz CT molecular complexity index is 602. The van der Waals surface area contributed by atoms with E-state index < -0.39 is 5.97 Å². The lowest BCUT2D eigenvalue weighted by molar-refractivity contribution is -0.137. The van der Waals surface area contributed by atoms with Gasteiger partial charge >= 0.3 is 5.97 Å². The highest BCUT2D eigenvalue weighted by Crippen LogP contribution is 2.18. The van der Waals surface area contributed by atoms with E-state index in [0.717, 1.165) is 5.56 Å². The van der Waals surface area contributed by atoms with Crippen molar-refractivity contribution in [3.8, 4) is 11.4 Å². The zero-order valence-corrected chi connectivity index (χ0v) is 13.6. The summed E-state index contributed by atoms with van der Waals surface area (Å²) in [5.74, 6) is 0.252. The van der Waals surface area contributed by atoms with Gasteiger partial charge in [0.05, 0.1) is 6.42 Å². The van der Waals surface area contributed by atoms with Crippen LogP contribution in [0.5, 0.6) is 0 Å². The number of likely N-dealkylation sites (N-methyl/N-ethyl adjacent to an activating group) is 1. The number of rotatable bonds is 7. The first-order valence-electron chi connectivity index (χ1n) is 6.53. The Labute approximate surface area is 139 Å². The first-order chi connectivity index (χ1) is 10.0. The molecule has 0 aliphatic rings. The van der Waals surface area contributed by atoms with Crippen molar-refractivity contribution < 1.29 is 14.4 Å². The summed E-state index contributed by atoms with van der Waals surface area (Å²) in [6.45, 7) is 1.16. The molecule has 1 heterocycles. The summed E-state index contributed by atoms with van der Waals surface area (Å²) in [7, 11) is 1.86. The summed E-state index contributed by atoms with van der Waals surface area (Å²) in [5, 5.41) is 13.2. The Morgan fingerprint density at radius 1 is 1.32 bits per heavy atom. The van der Waals surface area contributed by atoms with Gasteiger partial charge in [-0.2, -0.15) is 4.98 Å². The molecule has 0 aliphatic heterocycles. The molecule has 0 amide bonds.